The molecule has 6 rings (SSSR count). The molecule has 1 saturated carbocycles. The van der Waals surface area contributed by atoms with Crippen molar-refractivity contribution in [3.8, 4) is 22.6 Å². The number of carbonyl (C=O) groups excluding carboxylic acids is 1. The Balaban J connectivity index is 1.35. The van der Waals surface area contributed by atoms with Gasteiger partial charge in [-0.05, 0) is 54.8 Å². The molecule has 1 N–H and O–H groups in total. The summed E-state index contributed by atoms with van der Waals surface area (Å²) in [5.74, 6) is -1.57. The molecule has 2 aliphatic rings. The van der Waals surface area contributed by atoms with Crippen molar-refractivity contribution in [2.75, 3.05) is 31.6 Å². The number of benzene rings is 2. The van der Waals surface area contributed by atoms with E-state index >= 15 is 0 Å². The monoisotopic (exact) mass is 569 g/mol. The third kappa shape index (κ3) is 5.37. The van der Waals surface area contributed by atoms with E-state index in [2.05, 4.69) is 20.0 Å². The fraction of sp³-hybridized carbons (Fsp3) is 0.286. The van der Waals surface area contributed by atoms with Crippen LogP contribution < -0.4 is 15.6 Å². The van der Waals surface area contributed by atoms with Crippen LogP contribution in [-0.4, -0.2) is 63.5 Å². The molecule has 0 atom stereocenters. The molecule has 0 unspecified atom stereocenters. The van der Waals surface area contributed by atoms with Crippen molar-refractivity contribution >= 4 is 22.5 Å². The van der Waals surface area contributed by atoms with E-state index < -0.39 is 34.9 Å². The fourth-order valence-electron chi connectivity index (χ4n) is 5.07. The molecule has 9 nitrogen and oxygen atoms in total. The quantitative estimate of drug-likeness (QED) is 0.346. The van der Waals surface area contributed by atoms with Gasteiger partial charge >= 0.3 is 6.36 Å². The van der Waals surface area contributed by atoms with Gasteiger partial charge in [-0.25, -0.2) is 9.37 Å². The van der Waals surface area contributed by atoms with Crippen molar-refractivity contribution in [1.82, 2.24) is 19.4 Å². The predicted octanol–water partition coefficient (Wildman–Crippen LogP) is 4.29. The second-order valence-corrected chi connectivity index (χ2v) is 9.86. The van der Waals surface area contributed by atoms with Crippen LogP contribution in [0.1, 0.15) is 12.8 Å². The zero-order chi connectivity index (χ0) is 28.8. The number of anilines is 1. The molecule has 4 aromatic rings. The smallest absolute Gasteiger partial charge is 0.404 e. The highest BCUT2D eigenvalue weighted by Gasteiger charge is 2.54. The fourth-order valence-corrected chi connectivity index (χ4v) is 5.07. The number of aromatic nitrogens is 3. The molecule has 13 heteroatoms. The molecule has 3 heterocycles. The summed E-state index contributed by atoms with van der Waals surface area (Å²) in [4.78, 5) is 36.9. The number of morpholine rings is 1. The second kappa shape index (κ2) is 10.2. The average molecular weight is 570 g/mol. The average Bonchev–Trinajstić information content (AvgIpc) is 3.76. The van der Waals surface area contributed by atoms with Crippen molar-refractivity contribution in [3.05, 3.63) is 77.4 Å². The van der Waals surface area contributed by atoms with Crippen LogP contribution in [0.3, 0.4) is 0 Å². The molecule has 1 aliphatic heterocycles. The Morgan fingerprint density at radius 1 is 1.02 bits per heavy atom. The van der Waals surface area contributed by atoms with Gasteiger partial charge in [0, 0.05) is 24.8 Å². The highest BCUT2D eigenvalue weighted by atomic mass is 19.4. The Labute approximate surface area is 230 Å². The van der Waals surface area contributed by atoms with Crippen LogP contribution in [0.25, 0.3) is 27.7 Å². The number of hydrogen-bond donors (Lipinski definition) is 1. The number of nitrogens with one attached hydrogen (secondary N) is 1. The number of fused-ring (bicyclic) bond motifs is 1. The SMILES string of the molecule is O=C(Nc1cc(-n2cnc3cc(-c4cncc(F)c4)ccc3c2=O)ccc1OC(F)(F)F)C1(N2CCOCC2)CC1. The summed E-state index contributed by atoms with van der Waals surface area (Å²) in [6.45, 7) is 2.00. The van der Waals surface area contributed by atoms with Crippen molar-refractivity contribution < 1.29 is 31.8 Å². The van der Waals surface area contributed by atoms with E-state index in [-0.39, 0.29) is 16.8 Å². The maximum atomic E-state index is 13.6. The van der Waals surface area contributed by atoms with Crippen LogP contribution in [0.2, 0.25) is 0 Å². The van der Waals surface area contributed by atoms with Gasteiger partial charge in [-0.1, -0.05) is 6.07 Å². The van der Waals surface area contributed by atoms with E-state index in [9.17, 15) is 27.2 Å². The van der Waals surface area contributed by atoms with Crippen LogP contribution >= 0.6 is 0 Å². The number of amides is 1. The van der Waals surface area contributed by atoms with Crippen LogP contribution in [0.15, 0.2) is 66.0 Å². The highest BCUT2D eigenvalue weighted by molar-refractivity contribution is 6.01. The van der Waals surface area contributed by atoms with Crippen molar-refractivity contribution in [3.63, 3.8) is 0 Å². The summed E-state index contributed by atoms with van der Waals surface area (Å²) < 4.78 is 63.9. The largest absolute Gasteiger partial charge is 0.573 e. The number of alkyl halides is 3. The Morgan fingerprint density at radius 2 is 1.80 bits per heavy atom. The molecule has 0 radical (unpaired) electrons. The standard InChI is InChI=1S/C28H23F4N5O4/c29-19-11-18(14-33-15-19)17-1-3-21-22(12-17)34-16-37(25(21)38)20-2-4-24(41-28(30,31)32)23(13-20)35-26(39)27(5-6-27)36-7-9-40-10-8-36/h1-4,11-16H,5-10H2,(H,35,39). The first-order valence-corrected chi connectivity index (χ1v) is 12.8. The van der Waals surface area contributed by atoms with Crippen molar-refractivity contribution in [1.29, 1.82) is 0 Å². The topological polar surface area (TPSA) is 98.6 Å². The zero-order valence-corrected chi connectivity index (χ0v) is 21.4. The van der Waals surface area contributed by atoms with Gasteiger partial charge in [0.2, 0.25) is 5.91 Å². The summed E-state index contributed by atoms with van der Waals surface area (Å²) >= 11 is 0. The Bertz CT molecular complexity index is 1700. The lowest BCUT2D eigenvalue weighted by molar-refractivity contribution is -0.274. The van der Waals surface area contributed by atoms with Gasteiger partial charge in [0.15, 0.2) is 5.75 Å². The lowest BCUT2D eigenvalue weighted by atomic mass is 10.1. The van der Waals surface area contributed by atoms with E-state index in [4.69, 9.17) is 4.74 Å². The number of halogens is 4. The van der Waals surface area contributed by atoms with Crippen LogP contribution in [0, 0.1) is 5.82 Å². The van der Waals surface area contributed by atoms with Crippen LogP contribution in [0.5, 0.6) is 5.75 Å². The minimum absolute atomic E-state index is 0.170. The van der Waals surface area contributed by atoms with E-state index in [1.165, 1.54) is 36.8 Å². The minimum Gasteiger partial charge on any atom is -0.404 e. The number of carbonyl (C=O) groups is 1. The molecule has 41 heavy (non-hydrogen) atoms. The van der Waals surface area contributed by atoms with Gasteiger partial charge < -0.3 is 14.8 Å². The molecular formula is C28H23F4N5O4. The van der Waals surface area contributed by atoms with Gasteiger partial charge in [0.25, 0.3) is 5.56 Å². The highest BCUT2D eigenvalue weighted by Crippen LogP contribution is 2.44. The van der Waals surface area contributed by atoms with E-state index in [0.717, 1.165) is 16.8 Å². The molecule has 0 spiro atoms. The number of ether oxygens (including phenoxy) is 2. The van der Waals surface area contributed by atoms with Gasteiger partial charge in [-0.3, -0.25) is 24.0 Å². The molecule has 1 aliphatic carbocycles. The molecule has 2 aromatic heterocycles. The summed E-state index contributed by atoms with van der Waals surface area (Å²) in [5.41, 5.74) is 0.0543. The minimum atomic E-state index is -5.00. The molecule has 1 saturated heterocycles. The third-order valence-corrected chi connectivity index (χ3v) is 7.28. The number of rotatable bonds is 6. The number of hydrogen-bond acceptors (Lipinski definition) is 7. The first-order chi connectivity index (χ1) is 19.6. The van der Waals surface area contributed by atoms with Crippen molar-refractivity contribution in [2.24, 2.45) is 0 Å². The molecule has 1 amide bonds. The van der Waals surface area contributed by atoms with Crippen LogP contribution in [0.4, 0.5) is 23.2 Å². The van der Waals surface area contributed by atoms with Gasteiger partial charge in [0.05, 0.1) is 41.7 Å². The summed E-state index contributed by atoms with van der Waals surface area (Å²) in [7, 11) is 0. The first kappa shape index (κ1) is 26.8. The number of pyridine rings is 1. The zero-order valence-electron chi connectivity index (χ0n) is 21.4. The first-order valence-electron chi connectivity index (χ1n) is 12.8. The van der Waals surface area contributed by atoms with Gasteiger partial charge in [-0.2, -0.15) is 0 Å². The molecule has 2 aromatic carbocycles. The summed E-state index contributed by atoms with van der Waals surface area (Å²) in [5, 5.41) is 2.84. The van der Waals surface area contributed by atoms with Gasteiger partial charge in [0.1, 0.15) is 17.7 Å². The molecule has 0 bridgehead atoms. The Hall–Kier alpha value is -4.36. The Morgan fingerprint density at radius 3 is 2.51 bits per heavy atom. The van der Waals surface area contributed by atoms with Gasteiger partial charge in [-0.15, -0.1) is 13.2 Å². The summed E-state index contributed by atoms with van der Waals surface area (Å²) in [6.07, 6.45) is -0.0727. The maximum absolute atomic E-state index is 13.6. The molecule has 212 valence electrons. The van der Waals surface area contributed by atoms with E-state index in [1.807, 2.05) is 4.90 Å². The normalized spacial score (nSPS) is 16.9. The lowest BCUT2D eigenvalue weighted by Gasteiger charge is -2.34. The van der Waals surface area contributed by atoms with Crippen molar-refractivity contribution in [2.45, 2.75) is 24.7 Å². The second-order valence-electron chi connectivity index (χ2n) is 9.86. The maximum Gasteiger partial charge on any atom is 0.573 e. The predicted molar refractivity (Wildman–Crippen MR) is 140 cm³/mol. The molecular weight excluding hydrogens is 546 g/mol. The third-order valence-electron chi connectivity index (χ3n) is 7.28. The van der Waals surface area contributed by atoms with E-state index in [0.29, 0.717) is 55.8 Å². The summed E-state index contributed by atoms with van der Waals surface area (Å²) in [6, 6.07) is 9.64. The van der Waals surface area contributed by atoms with Crippen LogP contribution in [-0.2, 0) is 9.53 Å². The van der Waals surface area contributed by atoms with E-state index in [1.54, 1.807) is 12.1 Å². The number of nitrogens with zero attached hydrogens (tertiary/aromatic N) is 4. The Kier molecular flexibility index (Phi) is 6.70. The molecule has 2 fully saturated rings. The lowest BCUT2D eigenvalue weighted by Crippen LogP contribution is -2.51.